The topological polar surface area (TPSA) is 24.9 Å². The van der Waals surface area contributed by atoms with E-state index in [4.69, 9.17) is 4.98 Å². The van der Waals surface area contributed by atoms with E-state index in [1.165, 1.54) is 15.6 Å². The molecule has 1 N–H and O–H groups in total. The minimum absolute atomic E-state index is 0.314. The number of nitrogens with one attached hydrogen (secondary N) is 1. The van der Waals surface area contributed by atoms with E-state index >= 15 is 0 Å². The summed E-state index contributed by atoms with van der Waals surface area (Å²) in [5, 5.41) is 4.79. The van der Waals surface area contributed by atoms with Gasteiger partial charge in [-0.25, -0.2) is 4.98 Å². The van der Waals surface area contributed by atoms with Crippen molar-refractivity contribution in [2.24, 2.45) is 5.41 Å². The lowest BCUT2D eigenvalue weighted by Gasteiger charge is -2.15. The third kappa shape index (κ3) is 5.07. The highest BCUT2D eigenvalue weighted by atomic mass is 32.1. The maximum atomic E-state index is 4.85. The molecular formula is C15H28N2S. The van der Waals surface area contributed by atoms with Crippen molar-refractivity contribution in [3.05, 3.63) is 15.6 Å². The Balaban J connectivity index is 2.87. The normalized spacial score (nSPS) is 12.7. The average Bonchev–Trinajstić information content (AvgIpc) is 2.55. The van der Waals surface area contributed by atoms with Gasteiger partial charge in [0, 0.05) is 23.9 Å². The molecule has 104 valence electrons. The predicted molar refractivity (Wildman–Crippen MR) is 81.3 cm³/mol. The molecule has 0 fully saturated rings. The average molecular weight is 268 g/mol. The van der Waals surface area contributed by atoms with E-state index in [-0.39, 0.29) is 0 Å². The van der Waals surface area contributed by atoms with Crippen LogP contribution in [0.25, 0.3) is 0 Å². The van der Waals surface area contributed by atoms with Crippen molar-refractivity contribution in [2.75, 3.05) is 0 Å². The third-order valence-corrected chi connectivity index (χ3v) is 3.74. The second kappa shape index (κ2) is 6.16. The van der Waals surface area contributed by atoms with E-state index < -0.39 is 0 Å². The molecule has 0 aromatic carbocycles. The summed E-state index contributed by atoms with van der Waals surface area (Å²) < 4.78 is 0. The van der Waals surface area contributed by atoms with Gasteiger partial charge in [-0.1, -0.05) is 48.5 Å². The minimum atomic E-state index is 0.314. The first-order chi connectivity index (χ1) is 8.19. The van der Waals surface area contributed by atoms with Gasteiger partial charge in [0.2, 0.25) is 0 Å². The van der Waals surface area contributed by atoms with E-state index in [1.807, 2.05) is 11.3 Å². The lowest BCUT2D eigenvalue weighted by molar-refractivity contribution is 0.410. The predicted octanol–water partition coefficient (Wildman–Crippen LogP) is 4.35. The van der Waals surface area contributed by atoms with Crippen molar-refractivity contribution in [3.63, 3.8) is 0 Å². The van der Waals surface area contributed by atoms with Gasteiger partial charge < -0.3 is 5.32 Å². The van der Waals surface area contributed by atoms with Crippen LogP contribution in [0.5, 0.6) is 0 Å². The van der Waals surface area contributed by atoms with Gasteiger partial charge in [-0.15, -0.1) is 11.3 Å². The van der Waals surface area contributed by atoms with Crippen LogP contribution in [-0.2, 0) is 13.0 Å². The zero-order valence-corrected chi connectivity index (χ0v) is 13.7. The van der Waals surface area contributed by atoms with Gasteiger partial charge >= 0.3 is 0 Å². The highest BCUT2D eigenvalue weighted by Gasteiger charge is 2.18. The first kappa shape index (κ1) is 15.6. The molecule has 0 saturated heterocycles. The van der Waals surface area contributed by atoms with Crippen molar-refractivity contribution in [2.45, 2.75) is 73.4 Å². The maximum Gasteiger partial charge on any atom is 0.0936 e. The maximum absolute atomic E-state index is 4.85. The third-order valence-electron chi connectivity index (χ3n) is 2.67. The fourth-order valence-electron chi connectivity index (χ4n) is 1.82. The van der Waals surface area contributed by atoms with Crippen molar-refractivity contribution in [3.8, 4) is 0 Å². The van der Waals surface area contributed by atoms with Gasteiger partial charge in [0.1, 0.15) is 0 Å². The van der Waals surface area contributed by atoms with Crippen molar-refractivity contribution in [1.82, 2.24) is 10.3 Å². The Morgan fingerprint density at radius 1 is 1.17 bits per heavy atom. The Hall–Kier alpha value is -0.410. The number of rotatable bonds is 5. The summed E-state index contributed by atoms with van der Waals surface area (Å²) >= 11 is 1.88. The second-order valence-corrected chi connectivity index (χ2v) is 8.01. The monoisotopic (exact) mass is 268 g/mol. The summed E-state index contributed by atoms with van der Waals surface area (Å²) in [5.74, 6) is 0.513. The highest BCUT2D eigenvalue weighted by molar-refractivity contribution is 7.11. The van der Waals surface area contributed by atoms with Crippen LogP contribution < -0.4 is 5.32 Å². The molecule has 0 atom stereocenters. The van der Waals surface area contributed by atoms with Crippen molar-refractivity contribution >= 4 is 11.3 Å². The van der Waals surface area contributed by atoms with Crippen LogP contribution in [-0.4, -0.2) is 11.0 Å². The molecule has 18 heavy (non-hydrogen) atoms. The molecule has 0 aliphatic carbocycles. The SMILES string of the molecule is CC(C)NCc1sc(CC(C)(C)C)nc1C(C)C. The van der Waals surface area contributed by atoms with Crippen molar-refractivity contribution < 1.29 is 0 Å². The van der Waals surface area contributed by atoms with Crippen LogP contribution in [0.2, 0.25) is 0 Å². The number of aromatic nitrogens is 1. The Morgan fingerprint density at radius 3 is 2.22 bits per heavy atom. The minimum Gasteiger partial charge on any atom is -0.310 e. The molecule has 0 bridgehead atoms. The molecule has 0 saturated carbocycles. The molecule has 1 aromatic rings. The van der Waals surface area contributed by atoms with E-state index in [0.29, 0.717) is 17.4 Å². The molecule has 1 aromatic heterocycles. The number of hydrogen-bond acceptors (Lipinski definition) is 3. The van der Waals surface area contributed by atoms with Crippen LogP contribution in [0.15, 0.2) is 0 Å². The standard InChI is InChI=1S/C15H28N2S/c1-10(2)14-12(9-16-11(3)4)18-13(17-14)8-15(5,6)7/h10-11,16H,8-9H2,1-7H3. The zero-order valence-electron chi connectivity index (χ0n) is 12.9. The Labute approximate surface area is 116 Å². The summed E-state index contributed by atoms with van der Waals surface area (Å²) in [5.41, 5.74) is 1.60. The van der Waals surface area contributed by atoms with E-state index in [0.717, 1.165) is 13.0 Å². The van der Waals surface area contributed by atoms with E-state index in [9.17, 15) is 0 Å². The largest absolute Gasteiger partial charge is 0.310 e. The quantitative estimate of drug-likeness (QED) is 0.858. The molecule has 0 unspecified atom stereocenters. The van der Waals surface area contributed by atoms with Gasteiger partial charge in [0.15, 0.2) is 0 Å². The van der Waals surface area contributed by atoms with Crippen LogP contribution >= 0.6 is 11.3 Å². The molecular weight excluding hydrogens is 240 g/mol. The Kier molecular flexibility index (Phi) is 5.35. The fraction of sp³-hybridized carbons (Fsp3) is 0.800. The summed E-state index contributed by atoms with van der Waals surface area (Å²) in [7, 11) is 0. The van der Waals surface area contributed by atoms with Gasteiger partial charge in [-0.05, 0) is 11.3 Å². The first-order valence-corrected chi connectivity index (χ1v) is 7.72. The molecule has 2 nitrogen and oxygen atoms in total. The molecule has 3 heteroatoms. The zero-order chi connectivity index (χ0) is 13.9. The molecule has 0 radical (unpaired) electrons. The summed E-state index contributed by atoms with van der Waals surface area (Å²) in [6.45, 7) is 16.6. The number of hydrogen-bond donors (Lipinski definition) is 1. The van der Waals surface area contributed by atoms with Crippen LogP contribution in [0, 0.1) is 5.41 Å². The van der Waals surface area contributed by atoms with Crippen LogP contribution in [0.3, 0.4) is 0 Å². The van der Waals surface area contributed by atoms with Crippen LogP contribution in [0.4, 0.5) is 0 Å². The van der Waals surface area contributed by atoms with E-state index in [1.54, 1.807) is 0 Å². The summed E-state index contributed by atoms with van der Waals surface area (Å²) in [6, 6.07) is 0.526. The summed E-state index contributed by atoms with van der Waals surface area (Å²) in [4.78, 5) is 6.27. The van der Waals surface area contributed by atoms with Gasteiger partial charge in [0.25, 0.3) is 0 Å². The molecule has 0 aliphatic heterocycles. The lowest BCUT2D eigenvalue weighted by Crippen LogP contribution is -2.22. The summed E-state index contributed by atoms with van der Waals surface area (Å²) in [6.07, 6.45) is 1.07. The molecule has 0 spiro atoms. The highest BCUT2D eigenvalue weighted by Crippen LogP contribution is 2.29. The van der Waals surface area contributed by atoms with Gasteiger partial charge in [-0.2, -0.15) is 0 Å². The molecule has 0 amide bonds. The lowest BCUT2D eigenvalue weighted by atomic mass is 9.93. The Bertz CT molecular complexity index is 372. The number of thiazole rings is 1. The van der Waals surface area contributed by atoms with Crippen molar-refractivity contribution in [1.29, 1.82) is 0 Å². The number of nitrogens with zero attached hydrogens (tertiary/aromatic N) is 1. The smallest absolute Gasteiger partial charge is 0.0936 e. The Morgan fingerprint density at radius 2 is 1.78 bits per heavy atom. The molecule has 1 heterocycles. The first-order valence-electron chi connectivity index (χ1n) is 6.91. The van der Waals surface area contributed by atoms with Crippen LogP contribution in [0.1, 0.15) is 70.0 Å². The fourth-order valence-corrected chi connectivity index (χ4v) is 3.29. The molecule has 0 aliphatic rings. The van der Waals surface area contributed by atoms with E-state index in [2.05, 4.69) is 53.8 Å². The van der Waals surface area contributed by atoms with Gasteiger partial charge in [0.05, 0.1) is 10.7 Å². The molecule has 1 rings (SSSR count). The second-order valence-electron chi connectivity index (χ2n) is 6.84. The van der Waals surface area contributed by atoms with Gasteiger partial charge in [-0.3, -0.25) is 0 Å².